The van der Waals surface area contributed by atoms with Crippen molar-refractivity contribution in [2.45, 2.75) is 12.8 Å². The quantitative estimate of drug-likeness (QED) is 0.769. The van der Waals surface area contributed by atoms with E-state index in [-0.39, 0.29) is 5.78 Å². The largest absolute Gasteiger partial charge is 0.383 e. The Balaban J connectivity index is 2.46. The number of hydrogen-bond acceptors (Lipinski definition) is 3. The van der Waals surface area contributed by atoms with Crippen molar-refractivity contribution in [3.8, 4) is 0 Å². The molecular formula is C10H9ClN2O. The Labute approximate surface area is 86.6 Å². The van der Waals surface area contributed by atoms with Crippen molar-refractivity contribution >= 4 is 28.8 Å². The number of aromatic nitrogens is 1. The van der Waals surface area contributed by atoms with Gasteiger partial charge in [0.15, 0.2) is 5.78 Å². The summed E-state index contributed by atoms with van der Waals surface area (Å²) in [6.45, 7) is 0. The second kappa shape index (κ2) is 3.42. The predicted molar refractivity (Wildman–Crippen MR) is 55.9 cm³/mol. The second-order valence-electron chi connectivity index (χ2n) is 3.22. The molecule has 4 heteroatoms. The van der Waals surface area contributed by atoms with E-state index in [0.717, 1.165) is 17.6 Å². The zero-order chi connectivity index (χ0) is 10.1. The second-order valence-corrected chi connectivity index (χ2v) is 3.66. The van der Waals surface area contributed by atoms with E-state index < -0.39 is 0 Å². The van der Waals surface area contributed by atoms with Gasteiger partial charge in [-0.25, -0.2) is 4.98 Å². The van der Waals surface area contributed by atoms with Crippen LogP contribution in [0.4, 0.5) is 5.82 Å². The number of nitrogen functional groups attached to an aromatic ring is 1. The number of carbonyl (C=O) groups is 1. The molecule has 0 spiro atoms. The highest BCUT2D eigenvalue weighted by Crippen LogP contribution is 2.30. The average molecular weight is 209 g/mol. The molecule has 0 bridgehead atoms. The monoisotopic (exact) mass is 208 g/mol. The van der Waals surface area contributed by atoms with Crippen molar-refractivity contribution in [3.05, 3.63) is 28.9 Å². The third-order valence-corrected chi connectivity index (χ3v) is 2.41. The maximum Gasteiger partial charge on any atom is 0.156 e. The maximum absolute atomic E-state index is 11.1. The number of hydrogen-bond donors (Lipinski definition) is 1. The number of carbonyl (C=O) groups excluding carboxylic acids is 1. The Bertz CT molecular complexity index is 426. The van der Waals surface area contributed by atoms with E-state index >= 15 is 0 Å². The molecule has 1 aliphatic carbocycles. The zero-order valence-electron chi connectivity index (χ0n) is 7.46. The van der Waals surface area contributed by atoms with Crippen LogP contribution in [-0.2, 0) is 4.79 Å². The summed E-state index contributed by atoms with van der Waals surface area (Å²) < 4.78 is 0. The smallest absolute Gasteiger partial charge is 0.156 e. The summed E-state index contributed by atoms with van der Waals surface area (Å²) in [4.78, 5) is 15.0. The van der Waals surface area contributed by atoms with E-state index in [1.54, 1.807) is 12.1 Å². The molecule has 0 atom stereocenters. The summed E-state index contributed by atoms with van der Waals surface area (Å²) in [5, 5.41) is 0.537. The minimum Gasteiger partial charge on any atom is -0.383 e. The fourth-order valence-corrected chi connectivity index (χ4v) is 1.67. The molecule has 14 heavy (non-hydrogen) atoms. The van der Waals surface area contributed by atoms with Gasteiger partial charge in [0.1, 0.15) is 5.82 Å². The van der Waals surface area contributed by atoms with Crippen LogP contribution in [0.3, 0.4) is 0 Å². The van der Waals surface area contributed by atoms with Gasteiger partial charge in [-0.05, 0) is 24.1 Å². The first-order chi connectivity index (χ1) is 6.66. The number of halogens is 1. The Kier molecular flexibility index (Phi) is 2.25. The molecule has 1 aliphatic rings. The van der Waals surface area contributed by atoms with Crippen molar-refractivity contribution < 1.29 is 4.79 Å². The lowest BCUT2D eigenvalue weighted by Crippen LogP contribution is -1.95. The first kappa shape index (κ1) is 9.21. The fraction of sp³-hybridized carbons (Fsp3) is 0.200. The summed E-state index contributed by atoms with van der Waals surface area (Å²) in [5.74, 6) is 0.565. The lowest BCUT2D eigenvalue weighted by Gasteiger charge is -2.04. The first-order valence-corrected chi connectivity index (χ1v) is 4.69. The molecule has 0 fully saturated rings. The van der Waals surface area contributed by atoms with Crippen molar-refractivity contribution in [1.82, 2.24) is 4.98 Å². The number of anilines is 1. The highest BCUT2D eigenvalue weighted by atomic mass is 35.5. The third-order valence-electron chi connectivity index (χ3n) is 2.21. The molecular weight excluding hydrogens is 200 g/mol. The van der Waals surface area contributed by atoms with Crippen LogP contribution in [0.5, 0.6) is 0 Å². The zero-order valence-corrected chi connectivity index (χ0v) is 8.21. The number of allylic oxidation sites excluding steroid dienone is 2. The SMILES string of the molecule is Nc1ncc(Cl)cc1C1=CC(=O)CC1. The average Bonchev–Trinajstić information content (AvgIpc) is 2.56. The number of nitrogens with two attached hydrogens (primary N) is 1. The highest BCUT2D eigenvalue weighted by molar-refractivity contribution is 6.30. The third kappa shape index (κ3) is 1.63. The number of rotatable bonds is 1. The van der Waals surface area contributed by atoms with Crippen molar-refractivity contribution in [3.63, 3.8) is 0 Å². The summed E-state index contributed by atoms with van der Waals surface area (Å²) in [7, 11) is 0. The number of nitrogens with zero attached hydrogens (tertiary/aromatic N) is 1. The summed E-state index contributed by atoms with van der Waals surface area (Å²) in [6.07, 6.45) is 4.40. The number of pyridine rings is 1. The molecule has 0 saturated heterocycles. The molecule has 1 aromatic rings. The van der Waals surface area contributed by atoms with Crippen LogP contribution in [0.25, 0.3) is 5.57 Å². The van der Waals surface area contributed by atoms with Gasteiger partial charge in [0, 0.05) is 18.2 Å². The van der Waals surface area contributed by atoms with Crippen LogP contribution in [0, 0.1) is 0 Å². The van der Waals surface area contributed by atoms with Gasteiger partial charge >= 0.3 is 0 Å². The first-order valence-electron chi connectivity index (χ1n) is 4.31. The molecule has 0 unspecified atom stereocenters. The molecule has 0 amide bonds. The normalized spacial score (nSPS) is 15.8. The van der Waals surface area contributed by atoms with Gasteiger partial charge in [-0.2, -0.15) is 0 Å². The van der Waals surface area contributed by atoms with Crippen molar-refractivity contribution in [1.29, 1.82) is 0 Å². The molecule has 0 saturated carbocycles. The molecule has 0 aromatic carbocycles. The molecule has 2 N–H and O–H groups in total. The van der Waals surface area contributed by atoms with Crippen LogP contribution in [0.1, 0.15) is 18.4 Å². The van der Waals surface area contributed by atoms with Gasteiger partial charge < -0.3 is 5.73 Å². The summed E-state index contributed by atoms with van der Waals surface area (Å²) in [5.41, 5.74) is 7.41. The van der Waals surface area contributed by atoms with Crippen LogP contribution in [-0.4, -0.2) is 10.8 Å². The van der Waals surface area contributed by atoms with Gasteiger partial charge in [0.05, 0.1) is 5.02 Å². The lowest BCUT2D eigenvalue weighted by atomic mass is 10.1. The van der Waals surface area contributed by atoms with E-state index in [9.17, 15) is 4.79 Å². The van der Waals surface area contributed by atoms with Gasteiger partial charge in [-0.3, -0.25) is 4.79 Å². The summed E-state index contributed by atoms with van der Waals surface area (Å²) in [6, 6.07) is 1.74. The maximum atomic E-state index is 11.1. The van der Waals surface area contributed by atoms with Gasteiger partial charge in [0.2, 0.25) is 0 Å². The Morgan fingerprint density at radius 2 is 2.21 bits per heavy atom. The number of ketones is 1. The van der Waals surface area contributed by atoms with Gasteiger partial charge in [0.25, 0.3) is 0 Å². The molecule has 0 radical (unpaired) electrons. The molecule has 1 heterocycles. The molecule has 0 aliphatic heterocycles. The summed E-state index contributed by atoms with van der Waals surface area (Å²) >= 11 is 5.80. The highest BCUT2D eigenvalue weighted by Gasteiger charge is 2.16. The topological polar surface area (TPSA) is 56.0 Å². The van der Waals surface area contributed by atoms with Crippen LogP contribution in [0.15, 0.2) is 18.3 Å². The van der Waals surface area contributed by atoms with Crippen LogP contribution < -0.4 is 5.73 Å². The van der Waals surface area contributed by atoms with Crippen molar-refractivity contribution in [2.75, 3.05) is 5.73 Å². The van der Waals surface area contributed by atoms with Crippen LogP contribution in [0.2, 0.25) is 5.02 Å². The standard InChI is InChI=1S/C10H9ClN2O/c11-7-4-9(10(12)13-5-7)6-1-2-8(14)3-6/h3-5H,1-2H2,(H2,12,13). The van der Waals surface area contributed by atoms with Gasteiger partial charge in [-0.1, -0.05) is 11.6 Å². The minimum atomic E-state index is 0.138. The Morgan fingerprint density at radius 1 is 1.43 bits per heavy atom. The lowest BCUT2D eigenvalue weighted by molar-refractivity contribution is -0.114. The minimum absolute atomic E-state index is 0.138. The fourth-order valence-electron chi connectivity index (χ4n) is 1.52. The molecule has 3 nitrogen and oxygen atoms in total. The Morgan fingerprint density at radius 3 is 2.86 bits per heavy atom. The molecule has 1 aromatic heterocycles. The van der Waals surface area contributed by atoms with E-state index in [4.69, 9.17) is 17.3 Å². The van der Waals surface area contributed by atoms with Gasteiger partial charge in [-0.15, -0.1) is 0 Å². The van der Waals surface area contributed by atoms with Crippen LogP contribution >= 0.6 is 11.6 Å². The Hall–Kier alpha value is -1.35. The molecule has 72 valence electrons. The van der Waals surface area contributed by atoms with Crippen molar-refractivity contribution in [2.24, 2.45) is 0 Å². The predicted octanol–water partition coefficient (Wildman–Crippen LogP) is 2.06. The van der Waals surface area contributed by atoms with E-state index in [1.807, 2.05) is 0 Å². The van der Waals surface area contributed by atoms with E-state index in [1.165, 1.54) is 6.20 Å². The van der Waals surface area contributed by atoms with E-state index in [0.29, 0.717) is 17.3 Å². The van der Waals surface area contributed by atoms with E-state index in [2.05, 4.69) is 4.98 Å². The molecule has 2 rings (SSSR count).